The largest absolute Gasteiger partial charge is 0.243 e. The van der Waals surface area contributed by atoms with Gasteiger partial charge in [-0.1, -0.05) is 36.5 Å². The van der Waals surface area contributed by atoms with Crippen molar-refractivity contribution in [2.75, 3.05) is 0 Å². The van der Waals surface area contributed by atoms with Crippen LogP contribution in [-0.2, 0) is 10.0 Å². The van der Waals surface area contributed by atoms with E-state index in [1.165, 1.54) is 6.07 Å². The third kappa shape index (κ3) is 3.60. The van der Waals surface area contributed by atoms with Crippen LogP contribution >= 0.6 is 34.5 Å². The molecule has 0 aromatic carbocycles. The zero-order valence-electron chi connectivity index (χ0n) is 8.96. The highest BCUT2D eigenvalue weighted by Crippen LogP contribution is 2.34. The molecule has 1 rings (SSSR count). The quantitative estimate of drug-likeness (QED) is 0.904. The van der Waals surface area contributed by atoms with Gasteiger partial charge >= 0.3 is 0 Å². The molecule has 0 fully saturated rings. The number of thiophene rings is 1. The van der Waals surface area contributed by atoms with Crippen LogP contribution < -0.4 is 4.72 Å². The Balaban J connectivity index is 2.90. The van der Waals surface area contributed by atoms with Crippen molar-refractivity contribution in [2.45, 2.75) is 37.6 Å². The average Bonchev–Trinajstić information content (AvgIpc) is 2.45. The van der Waals surface area contributed by atoms with Crippen LogP contribution in [0.5, 0.6) is 0 Å². The lowest BCUT2D eigenvalue weighted by Gasteiger charge is -2.12. The maximum atomic E-state index is 11.9. The maximum Gasteiger partial charge on any atom is 0.243 e. The Hall–Kier alpha value is 0.190. The van der Waals surface area contributed by atoms with E-state index in [0.717, 1.165) is 24.2 Å². The molecule has 0 amide bonds. The Bertz CT molecular complexity index is 456. The molecule has 1 atom stereocenters. The highest BCUT2D eigenvalue weighted by Gasteiger charge is 2.22. The van der Waals surface area contributed by atoms with E-state index < -0.39 is 10.0 Å². The van der Waals surface area contributed by atoms with Crippen molar-refractivity contribution in [3.8, 4) is 0 Å². The molecule has 0 radical (unpaired) electrons. The lowest BCUT2D eigenvalue weighted by molar-refractivity contribution is 0.544. The van der Waals surface area contributed by atoms with Gasteiger partial charge in [0.15, 0.2) is 0 Å². The molecule has 1 N–H and O–H groups in total. The summed E-state index contributed by atoms with van der Waals surface area (Å²) in [6.07, 6.45) is 1.70. The number of hydrogen-bond donors (Lipinski definition) is 1. The third-order valence-corrected chi connectivity index (χ3v) is 5.34. The van der Waals surface area contributed by atoms with Gasteiger partial charge in [-0.05, 0) is 19.4 Å². The minimum Gasteiger partial charge on any atom is -0.208 e. The molecule has 1 aromatic rings. The van der Waals surface area contributed by atoms with E-state index >= 15 is 0 Å². The van der Waals surface area contributed by atoms with Crippen molar-refractivity contribution in [3.05, 3.63) is 14.7 Å². The Labute approximate surface area is 110 Å². The number of halogens is 2. The molecule has 0 aliphatic rings. The van der Waals surface area contributed by atoms with E-state index in [1.807, 2.05) is 13.8 Å². The van der Waals surface area contributed by atoms with Gasteiger partial charge in [-0.2, -0.15) is 0 Å². The van der Waals surface area contributed by atoms with Crippen LogP contribution in [0.25, 0.3) is 0 Å². The van der Waals surface area contributed by atoms with Gasteiger partial charge in [0.1, 0.15) is 9.23 Å². The number of nitrogens with one attached hydrogen (secondary N) is 1. The highest BCUT2D eigenvalue weighted by molar-refractivity contribution is 7.89. The van der Waals surface area contributed by atoms with Gasteiger partial charge in [0, 0.05) is 6.04 Å². The molecule has 1 unspecified atom stereocenters. The minimum absolute atomic E-state index is 0.0621. The van der Waals surface area contributed by atoms with Crippen molar-refractivity contribution in [1.82, 2.24) is 4.72 Å². The lowest BCUT2D eigenvalue weighted by atomic mass is 10.2. The second kappa shape index (κ2) is 5.69. The van der Waals surface area contributed by atoms with E-state index in [4.69, 9.17) is 23.2 Å². The molecule has 0 aliphatic heterocycles. The molecular formula is C9H13Cl2NO2S2. The van der Waals surface area contributed by atoms with E-state index in [-0.39, 0.29) is 15.3 Å². The van der Waals surface area contributed by atoms with Crippen LogP contribution in [0, 0.1) is 0 Å². The third-order valence-electron chi connectivity index (χ3n) is 1.99. The fraction of sp³-hybridized carbons (Fsp3) is 0.556. The van der Waals surface area contributed by atoms with Crippen molar-refractivity contribution in [3.63, 3.8) is 0 Å². The SMILES string of the molecule is CCCC(C)NS(=O)(=O)c1cc(Cl)sc1Cl. The molecule has 92 valence electrons. The first-order valence-electron chi connectivity index (χ1n) is 4.84. The summed E-state index contributed by atoms with van der Waals surface area (Å²) in [5.41, 5.74) is 0. The molecule has 0 saturated heterocycles. The van der Waals surface area contributed by atoms with Crippen LogP contribution in [0.15, 0.2) is 11.0 Å². The fourth-order valence-corrected chi connectivity index (χ4v) is 4.76. The summed E-state index contributed by atoms with van der Waals surface area (Å²) in [4.78, 5) is 0.0621. The van der Waals surface area contributed by atoms with Gasteiger partial charge < -0.3 is 0 Å². The first-order valence-corrected chi connectivity index (χ1v) is 7.89. The van der Waals surface area contributed by atoms with Crippen LogP contribution in [0.2, 0.25) is 8.67 Å². The second-order valence-electron chi connectivity index (χ2n) is 3.50. The first kappa shape index (κ1) is 14.3. The predicted molar refractivity (Wildman–Crippen MR) is 69.0 cm³/mol. The molecule has 1 aromatic heterocycles. The smallest absolute Gasteiger partial charge is 0.208 e. The van der Waals surface area contributed by atoms with Crippen LogP contribution in [0.3, 0.4) is 0 Å². The number of hydrogen-bond acceptors (Lipinski definition) is 3. The lowest BCUT2D eigenvalue weighted by Crippen LogP contribution is -2.32. The van der Waals surface area contributed by atoms with Crippen LogP contribution in [-0.4, -0.2) is 14.5 Å². The van der Waals surface area contributed by atoms with Gasteiger partial charge in [-0.25, -0.2) is 13.1 Å². The van der Waals surface area contributed by atoms with Crippen LogP contribution in [0.4, 0.5) is 0 Å². The predicted octanol–water partition coefficient (Wildman–Crippen LogP) is 3.52. The summed E-state index contributed by atoms with van der Waals surface area (Å²) in [6, 6.07) is 1.26. The molecule has 7 heteroatoms. The Morgan fingerprint density at radius 1 is 1.50 bits per heavy atom. The monoisotopic (exact) mass is 301 g/mol. The van der Waals surface area contributed by atoms with Crippen molar-refractivity contribution < 1.29 is 8.42 Å². The molecule has 0 bridgehead atoms. The van der Waals surface area contributed by atoms with Crippen molar-refractivity contribution >= 4 is 44.6 Å². The van der Waals surface area contributed by atoms with Gasteiger partial charge in [0.05, 0.1) is 4.34 Å². The van der Waals surface area contributed by atoms with Gasteiger partial charge in [-0.3, -0.25) is 0 Å². The molecule has 16 heavy (non-hydrogen) atoms. The topological polar surface area (TPSA) is 46.2 Å². The Morgan fingerprint density at radius 3 is 2.56 bits per heavy atom. The van der Waals surface area contributed by atoms with Crippen LogP contribution in [0.1, 0.15) is 26.7 Å². The van der Waals surface area contributed by atoms with Gasteiger partial charge in [0.25, 0.3) is 0 Å². The highest BCUT2D eigenvalue weighted by atomic mass is 35.5. The summed E-state index contributed by atoms with van der Waals surface area (Å²) in [5, 5.41) is 0. The van der Waals surface area contributed by atoms with E-state index in [2.05, 4.69) is 4.72 Å². The zero-order valence-corrected chi connectivity index (χ0v) is 12.1. The number of rotatable bonds is 5. The molecule has 0 spiro atoms. The maximum absolute atomic E-state index is 11.9. The zero-order chi connectivity index (χ0) is 12.3. The Morgan fingerprint density at radius 2 is 2.12 bits per heavy atom. The summed E-state index contributed by atoms with van der Waals surface area (Å²) >= 11 is 12.6. The summed E-state index contributed by atoms with van der Waals surface area (Å²) in [6.45, 7) is 3.82. The molecular weight excluding hydrogens is 289 g/mol. The standard InChI is InChI=1S/C9H13Cl2NO2S2/c1-3-4-6(2)12-16(13,14)7-5-8(10)15-9(7)11/h5-6,12H,3-4H2,1-2H3. The molecule has 3 nitrogen and oxygen atoms in total. The summed E-state index contributed by atoms with van der Waals surface area (Å²) in [5.74, 6) is 0. The van der Waals surface area contributed by atoms with Crippen molar-refractivity contribution in [1.29, 1.82) is 0 Å². The van der Waals surface area contributed by atoms with E-state index in [1.54, 1.807) is 0 Å². The van der Waals surface area contributed by atoms with Gasteiger partial charge in [-0.15, -0.1) is 11.3 Å². The summed E-state index contributed by atoms with van der Waals surface area (Å²) < 4.78 is 26.9. The molecule has 0 aliphatic carbocycles. The van der Waals surface area contributed by atoms with E-state index in [9.17, 15) is 8.42 Å². The number of sulfonamides is 1. The van der Waals surface area contributed by atoms with E-state index in [0.29, 0.717) is 4.34 Å². The summed E-state index contributed by atoms with van der Waals surface area (Å²) in [7, 11) is -3.55. The second-order valence-corrected chi connectivity index (χ2v) is 7.47. The molecule has 1 heterocycles. The fourth-order valence-electron chi connectivity index (χ4n) is 1.33. The average molecular weight is 302 g/mol. The molecule has 0 saturated carbocycles. The Kier molecular flexibility index (Phi) is 5.07. The minimum atomic E-state index is -3.55. The van der Waals surface area contributed by atoms with Gasteiger partial charge in [0.2, 0.25) is 10.0 Å². The normalized spacial score (nSPS) is 14.0. The van der Waals surface area contributed by atoms with Crippen molar-refractivity contribution in [2.24, 2.45) is 0 Å². The first-order chi connectivity index (χ1) is 7.36.